The van der Waals surface area contributed by atoms with Crippen LogP contribution in [0.15, 0.2) is 134 Å². The first-order chi connectivity index (χ1) is 40.6. The fraction of sp³-hybridized carbons (Fsp3) is 0.662. The lowest BCUT2D eigenvalue weighted by Gasteiger charge is -2.25. The topological polar surface area (TPSA) is 108 Å². The number of hydrogen-bond acceptors (Lipinski definition) is 7. The molecule has 0 saturated carbocycles. The van der Waals surface area contributed by atoms with E-state index < -0.39 is 24.3 Å². The molecule has 0 bridgehead atoms. The second-order valence-corrected chi connectivity index (χ2v) is 23.0. The summed E-state index contributed by atoms with van der Waals surface area (Å²) in [6, 6.07) is 0. The minimum Gasteiger partial charge on any atom is -0.477 e. The molecule has 2 atom stereocenters. The van der Waals surface area contributed by atoms with Gasteiger partial charge < -0.3 is 28.5 Å². The Morgan fingerprint density at radius 1 is 0.373 bits per heavy atom. The van der Waals surface area contributed by atoms with Gasteiger partial charge in [0.05, 0.1) is 34.4 Å². The number of rotatable bonds is 60. The molecular formula is C74H124NO8+. The number of quaternary nitrogens is 1. The molecule has 83 heavy (non-hydrogen) atoms. The molecule has 0 aromatic heterocycles. The number of carbonyl (C=O) groups is 3. The van der Waals surface area contributed by atoms with Crippen LogP contribution in [0, 0.1) is 0 Å². The number of likely N-dealkylation sites (N-methyl/N-ethyl adjacent to an activating group) is 1. The Bertz CT molecular complexity index is 1820. The van der Waals surface area contributed by atoms with Gasteiger partial charge in [-0.15, -0.1) is 0 Å². The van der Waals surface area contributed by atoms with E-state index in [4.69, 9.17) is 18.9 Å². The Kier molecular flexibility index (Phi) is 60.0. The highest BCUT2D eigenvalue weighted by molar-refractivity contribution is 5.71. The van der Waals surface area contributed by atoms with Crippen LogP contribution in [0.2, 0.25) is 0 Å². The lowest BCUT2D eigenvalue weighted by Crippen LogP contribution is -2.40. The van der Waals surface area contributed by atoms with Crippen molar-refractivity contribution in [2.24, 2.45) is 0 Å². The fourth-order valence-corrected chi connectivity index (χ4v) is 8.80. The van der Waals surface area contributed by atoms with Crippen molar-refractivity contribution in [3.8, 4) is 0 Å². The number of carboxylic acids is 1. The molecule has 0 aromatic rings. The van der Waals surface area contributed by atoms with Crippen LogP contribution < -0.4 is 0 Å². The van der Waals surface area contributed by atoms with Gasteiger partial charge in [-0.05, 0) is 116 Å². The van der Waals surface area contributed by atoms with Gasteiger partial charge in [-0.3, -0.25) is 9.59 Å². The maximum Gasteiger partial charge on any atom is 0.361 e. The van der Waals surface area contributed by atoms with Crippen molar-refractivity contribution in [1.82, 2.24) is 0 Å². The zero-order chi connectivity index (χ0) is 60.5. The second-order valence-electron chi connectivity index (χ2n) is 23.0. The van der Waals surface area contributed by atoms with E-state index in [1.807, 2.05) is 21.1 Å². The molecule has 0 radical (unpaired) electrons. The summed E-state index contributed by atoms with van der Waals surface area (Å²) in [5.74, 6) is -2.04. The molecule has 2 unspecified atom stereocenters. The first kappa shape index (κ1) is 78.4. The molecule has 0 heterocycles. The van der Waals surface area contributed by atoms with Gasteiger partial charge >= 0.3 is 17.9 Å². The highest BCUT2D eigenvalue weighted by Gasteiger charge is 2.25. The first-order valence-electron chi connectivity index (χ1n) is 33.3. The van der Waals surface area contributed by atoms with Crippen LogP contribution in [0.4, 0.5) is 0 Å². The van der Waals surface area contributed by atoms with Gasteiger partial charge in [0.2, 0.25) is 0 Å². The average Bonchev–Trinajstić information content (AvgIpc) is 3.46. The smallest absolute Gasteiger partial charge is 0.361 e. The van der Waals surface area contributed by atoms with Gasteiger partial charge in [-0.2, -0.15) is 0 Å². The number of esters is 2. The number of carboxylic acid groups (broad SMARTS) is 1. The third kappa shape index (κ3) is 64.8. The van der Waals surface area contributed by atoms with E-state index in [-0.39, 0.29) is 38.6 Å². The second kappa shape index (κ2) is 63.5. The van der Waals surface area contributed by atoms with Crippen molar-refractivity contribution in [2.45, 2.75) is 270 Å². The van der Waals surface area contributed by atoms with E-state index in [1.165, 1.54) is 103 Å². The molecule has 0 rings (SSSR count). The Hall–Kier alpha value is -4.57. The van der Waals surface area contributed by atoms with Crippen LogP contribution in [0.5, 0.6) is 0 Å². The van der Waals surface area contributed by atoms with Crippen molar-refractivity contribution in [1.29, 1.82) is 0 Å². The number of carbonyl (C=O) groups excluding carboxylic acids is 2. The largest absolute Gasteiger partial charge is 0.477 e. The van der Waals surface area contributed by atoms with Gasteiger partial charge in [-0.25, -0.2) is 4.79 Å². The first-order valence-corrected chi connectivity index (χ1v) is 33.3. The van der Waals surface area contributed by atoms with Crippen molar-refractivity contribution in [3.05, 3.63) is 134 Å². The summed E-state index contributed by atoms with van der Waals surface area (Å²) in [6.07, 6.45) is 88.3. The SMILES string of the molecule is CC/C=C\C/C=C\C/C=C\C/C=C\C/C=C\C/C=C\C/C=C\C/C=C\CCCCCCCCC(=O)OC(COC(=O)CCCCCCCCCCCCCC/C=C\C/C=C\C/C=C\CCCCCCC)COC(OCC[N+](C)(C)C)C(=O)O. The van der Waals surface area contributed by atoms with Crippen molar-refractivity contribution in [3.63, 3.8) is 0 Å². The molecule has 0 aliphatic rings. The number of unbranched alkanes of at least 4 members (excludes halogenated alkanes) is 23. The minimum absolute atomic E-state index is 0.177. The van der Waals surface area contributed by atoms with E-state index >= 15 is 0 Å². The van der Waals surface area contributed by atoms with Crippen LogP contribution in [-0.2, 0) is 33.3 Å². The molecular weight excluding hydrogens is 1030 g/mol. The number of allylic oxidation sites excluding steroid dienone is 22. The third-order valence-corrected chi connectivity index (χ3v) is 13.9. The van der Waals surface area contributed by atoms with Gasteiger partial charge in [-0.1, -0.05) is 263 Å². The van der Waals surface area contributed by atoms with E-state index in [9.17, 15) is 19.5 Å². The Labute approximate surface area is 509 Å². The van der Waals surface area contributed by atoms with Gasteiger partial charge in [0.25, 0.3) is 6.29 Å². The Morgan fingerprint density at radius 3 is 1.02 bits per heavy atom. The average molecular weight is 1160 g/mol. The molecule has 0 aliphatic carbocycles. The van der Waals surface area contributed by atoms with Gasteiger partial charge in [0, 0.05) is 12.8 Å². The monoisotopic (exact) mass is 1150 g/mol. The fourth-order valence-electron chi connectivity index (χ4n) is 8.80. The Balaban J connectivity index is 4.25. The van der Waals surface area contributed by atoms with Crippen LogP contribution in [0.1, 0.15) is 258 Å². The lowest BCUT2D eigenvalue weighted by atomic mass is 10.0. The molecule has 0 aromatic carbocycles. The zero-order valence-electron chi connectivity index (χ0n) is 53.8. The number of ether oxygens (including phenoxy) is 4. The van der Waals surface area contributed by atoms with E-state index in [1.54, 1.807) is 0 Å². The minimum atomic E-state index is -1.52. The van der Waals surface area contributed by atoms with Crippen molar-refractivity contribution >= 4 is 17.9 Å². The van der Waals surface area contributed by atoms with E-state index in [2.05, 4.69) is 148 Å². The summed E-state index contributed by atoms with van der Waals surface area (Å²) < 4.78 is 22.9. The Morgan fingerprint density at radius 2 is 0.687 bits per heavy atom. The predicted octanol–water partition coefficient (Wildman–Crippen LogP) is 20.6. The van der Waals surface area contributed by atoms with Crippen LogP contribution >= 0.6 is 0 Å². The highest BCUT2D eigenvalue weighted by Crippen LogP contribution is 2.15. The molecule has 1 N–H and O–H groups in total. The van der Waals surface area contributed by atoms with Gasteiger partial charge in [0.15, 0.2) is 6.10 Å². The predicted molar refractivity (Wildman–Crippen MR) is 354 cm³/mol. The summed E-state index contributed by atoms with van der Waals surface area (Å²) in [4.78, 5) is 37.6. The van der Waals surface area contributed by atoms with Crippen molar-refractivity contribution in [2.75, 3.05) is 47.5 Å². The van der Waals surface area contributed by atoms with Gasteiger partial charge in [0.1, 0.15) is 13.2 Å². The third-order valence-electron chi connectivity index (χ3n) is 13.9. The maximum absolute atomic E-state index is 12.9. The molecule has 0 amide bonds. The van der Waals surface area contributed by atoms with Crippen LogP contribution in [-0.4, -0.2) is 87.4 Å². The molecule has 9 nitrogen and oxygen atoms in total. The molecule has 9 heteroatoms. The summed E-state index contributed by atoms with van der Waals surface area (Å²) in [5, 5.41) is 9.74. The molecule has 0 aliphatic heterocycles. The highest BCUT2D eigenvalue weighted by atomic mass is 16.7. The standard InChI is InChI=1S/C74H123NO8/c1-6-8-10-12-14-16-18-20-22-24-26-28-30-32-34-35-36-37-39-41-43-45-47-49-51-53-55-57-59-61-63-65-72(77)83-70(69-82-74(73(78)79)80-67-66-75(3,4)5)68-81-71(76)64-62-60-58-56-54-52-50-48-46-44-42-40-38-33-31-29-27-25-23-21-19-17-15-13-11-9-7-2/h8,10,14,16,19-22,25-28,31-34,36-37,41,43,47,49,70,74H,6-7,9,11-13,15,17-18,23-24,29-30,35,38-40,42,44-46,48,50-69H2,1-5H3/p+1/b10-8-,16-14-,21-19-,22-20-,27-25-,28-26-,33-31-,34-32-,37-36-,43-41-,49-47-. The van der Waals surface area contributed by atoms with E-state index in [0.717, 1.165) is 122 Å². The quantitative estimate of drug-likeness (QED) is 0.0211. The molecule has 0 spiro atoms. The summed E-state index contributed by atoms with van der Waals surface area (Å²) in [5.41, 5.74) is 0. The normalized spacial score (nSPS) is 13.6. The summed E-state index contributed by atoms with van der Waals surface area (Å²) >= 11 is 0. The molecule has 0 saturated heterocycles. The van der Waals surface area contributed by atoms with Crippen LogP contribution in [0.3, 0.4) is 0 Å². The van der Waals surface area contributed by atoms with Crippen LogP contribution in [0.25, 0.3) is 0 Å². The molecule has 472 valence electrons. The summed E-state index contributed by atoms with van der Waals surface area (Å²) in [7, 11) is 5.96. The maximum atomic E-state index is 12.9. The number of aliphatic carboxylic acids is 1. The number of nitrogens with zero attached hydrogens (tertiary/aromatic N) is 1. The molecule has 0 fully saturated rings. The van der Waals surface area contributed by atoms with Crippen molar-refractivity contribution < 1.29 is 42.9 Å². The summed E-state index contributed by atoms with van der Waals surface area (Å²) in [6.45, 7) is 4.73. The zero-order valence-corrected chi connectivity index (χ0v) is 53.8. The number of hydrogen-bond donors (Lipinski definition) is 1. The lowest BCUT2D eigenvalue weighted by molar-refractivity contribution is -0.870. The van der Waals surface area contributed by atoms with E-state index in [0.29, 0.717) is 17.4 Å².